The maximum atomic E-state index is 13.2. The van der Waals surface area contributed by atoms with E-state index in [1.165, 1.54) is 47.8 Å². The van der Waals surface area contributed by atoms with E-state index in [0.29, 0.717) is 27.6 Å². The van der Waals surface area contributed by atoms with Crippen molar-refractivity contribution in [3.8, 4) is 0 Å². The summed E-state index contributed by atoms with van der Waals surface area (Å²) in [6.45, 7) is 0. The fraction of sp³-hybridized carbons (Fsp3) is 0.0833. The minimum absolute atomic E-state index is 0.110. The first-order chi connectivity index (χ1) is 14.2. The van der Waals surface area contributed by atoms with Gasteiger partial charge in [0.15, 0.2) is 12.1 Å². The number of benzene rings is 3. The van der Waals surface area contributed by atoms with Gasteiger partial charge >= 0.3 is 0 Å². The summed E-state index contributed by atoms with van der Waals surface area (Å²) >= 11 is 2.94. The maximum Gasteiger partial charge on any atom is 0.197 e. The number of carbonyl (C=O) groups excluding carboxylic acids is 2. The van der Waals surface area contributed by atoms with Crippen molar-refractivity contribution in [3.05, 3.63) is 117 Å². The zero-order valence-corrected chi connectivity index (χ0v) is 17.2. The van der Waals surface area contributed by atoms with Crippen LogP contribution in [-0.4, -0.2) is 12.1 Å². The van der Waals surface area contributed by atoms with Gasteiger partial charge in [0.1, 0.15) is 5.82 Å². The van der Waals surface area contributed by atoms with Crippen LogP contribution in [0.15, 0.2) is 94.7 Å². The highest BCUT2D eigenvalue weighted by Gasteiger charge is 2.18. The van der Waals surface area contributed by atoms with Gasteiger partial charge in [0.25, 0.3) is 0 Å². The molecule has 0 aliphatic carbocycles. The average Bonchev–Trinajstić information content (AvgIpc) is 2.77. The molecular weight excluding hydrogens is 403 g/mol. The fourth-order valence-corrected chi connectivity index (χ4v) is 4.85. The largest absolute Gasteiger partial charge is 0.298 e. The van der Waals surface area contributed by atoms with Gasteiger partial charge in [0.05, 0.1) is 9.81 Å². The molecule has 5 heteroatoms. The molecule has 0 saturated carbocycles. The van der Waals surface area contributed by atoms with Crippen molar-refractivity contribution in [2.45, 2.75) is 11.5 Å². The molecule has 0 radical (unpaired) electrons. The zero-order valence-electron chi connectivity index (χ0n) is 15.6. The molecule has 0 bridgehead atoms. The number of thioether (sulfide) groups is 2. The van der Waals surface area contributed by atoms with Crippen LogP contribution in [0.1, 0.15) is 21.5 Å². The molecule has 0 saturated heterocycles. The second kappa shape index (κ2) is 10.8. The molecule has 0 aliphatic heterocycles. The van der Waals surface area contributed by atoms with Gasteiger partial charge in [0.2, 0.25) is 0 Å². The number of rotatable bonds is 9. The van der Waals surface area contributed by atoms with E-state index in [2.05, 4.69) is 0 Å². The Morgan fingerprint density at radius 2 is 1.24 bits per heavy atom. The number of Topliss-reactive ketones (excluding diaryl/α,β-unsaturated/α-hetero) is 1. The lowest BCUT2D eigenvalue weighted by Gasteiger charge is -2.11. The number of carbonyl (C=O) groups is 2. The summed E-state index contributed by atoms with van der Waals surface area (Å²) in [5.74, 6) is 0.476. The average molecular weight is 423 g/mol. The van der Waals surface area contributed by atoms with Gasteiger partial charge in [0, 0.05) is 17.1 Å². The lowest BCUT2D eigenvalue weighted by Crippen LogP contribution is -2.07. The number of ketones is 1. The molecule has 0 N–H and O–H groups in total. The lowest BCUT2D eigenvalue weighted by atomic mass is 10.1. The van der Waals surface area contributed by atoms with Crippen LogP contribution in [0.2, 0.25) is 0 Å². The van der Waals surface area contributed by atoms with Gasteiger partial charge in [-0.3, -0.25) is 9.59 Å². The number of halogens is 1. The SMILES string of the molecule is O=CC(C(=O)c1ccc(F)cc1)=C(SCc1ccccc1)SCc1ccccc1. The number of hydrogen-bond donors (Lipinski definition) is 0. The molecule has 0 heterocycles. The Morgan fingerprint density at radius 3 is 1.69 bits per heavy atom. The summed E-state index contributed by atoms with van der Waals surface area (Å²) in [6.07, 6.45) is 0.608. The monoisotopic (exact) mass is 422 g/mol. The molecule has 0 atom stereocenters. The van der Waals surface area contributed by atoms with Crippen LogP contribution in [0.25, 0.3) is 0 Å². The van der Waals surface area contributed by atoms with Crippen LogP contribution in [-0.2, 0) is 16.3 Å². The van der Waals surface area contributed by atoms with Crippen LogP contribution >= 0.6 is 23.5 Å². The third-order valence-electron chi connectivity index (χ3n) is 4.11. The smallest absolute Gasteiger partial charge is 0.197 e. The molecule has 29 heavy (non-hydrogen) atoms. The van der Waals surface area contributed by atoms with E-state index in [0.717, 1.165) is 11.1 Å². The molecule has 0 fully saturated rings. The molecule has 0 spiro atoms. The van der Waals surface area contributed by atoms with Crippen molar-refractivity contribution in [3.63, 3.8) is 0 Å². The second-order valence-electron chi connectivity index (χ2n) is 6.20. The predicted octanol–water partition coefficient (Wildman–Crippen LogP) is 6.29. The highest BCUT2D eigenvalue weighted by molar-refractivity contribution is 8.21. The van der Waals surface area contributed by atoms with E-state index in [-0.39, 0.29) is 5.57 Å². The van der Waals surface area contributed by atoms with Gasteiger partial charge in [-0.1, -0.05) is 60.7 Å². The van der Waals surface area contributed by atoms with Gasteiger partial charge in [-0.15, -0.1) is 23.5 Å². The number of aldehydes is 1. The summed E-state index contributed by atoms with van der Waals surface area (Å²) in [6, 6.07) is 25.0. The maximum absolute atomic E-state index is 13.2. The lowest BCUT2D eigenvalue weighted by molar-refractivity contribution is -0.104. The fourth-order valence-electron chi connectivity index (χ4n) is 2.59. The molecular formula is C24H19FO2S2. The second-order valence-corrected chi connectivity index (χ2v) is 8.43. The molecule has 0 amide bonds. The first-order valence-corrected chi connectivity index (χ1v) is 11.0. The van der Waals surface area contributed by atoms with Crippen molar-refractivity contribution in [2.24, 2.45) is 0 Å². The third-order valence-corrected chi connectivity index (χ3v) is 6.74. The van der Waals surface area contributed by atoms with Crippen molar-refractivity contribution in [1.82, 2.24) is 0 Å². The van der Waals surface area contributed by atoms with Crippen LogP contribution in [0, 0.1) is 5.82 Å². The van der Waals surface area contributed by atoms with Crippen molar-refractivity contribution < 1.29 is 14.0 Å². The van der Waals surface area contributed by atoms with Crippen molar-refractivity contribution >= 4 is 35.6 Å². The first-order valence-electron chi connectivity index (χ1n) is 9.00. The Morgan fingerprint density at radius 1 is 0.759 bits per heavy atom. The molecule has 2 nitrogen and oxygen atoms in total. The highest BCUT2D eigenvalue weighted by atomic mass is 32.2. The van der Waals surface area contributed by atoms with E-state index in [9.17, 15) is 14.0 Å². The zero-order chi connectivity index (χ0) is 20.5. The third kappa shape index (κ3) is 6.17. The van der Waals surface area contributed by atoms with E-state index in [1.54, 1.807) is 0 Å². The first kappa shape index (κ1) is 21.1. The Balaban J connectivity index is 1.87. The Bertz CT molecular complexity index is 939. The van der Waals surface area contributed by atoms with Crippen LogP contribution < -0.4 is 0 Å². The molecule has 3 rings (SSSR count). The van der Waals surface area contributed by atoms with Gasteiger partial charge < -0.3 is 0 Å². The summed E-state index contributed by atoms with van der Waals surface area (Å²) in [4.78, 5) is 24.8. The molecule has 0 unspecified atom stereocenters. The molecule has 146 valence electrons. The van der Waals surface area contributed by atoms with Gasteiger partial charge in [-0.25, -0.2) is 4.39 Å². The number of hydrogen-bond acceptors (Lipinski definition) is 4. The van der Waals surface area contributed by atoms with Gasteiger partial charge in [-0.2, -0.15) is 0 Å². The summed E-state index contributed by atoms with van der Waals surface area (Å²) in [5, 5.41) is 0. The van der Waals surface area contributed by atoms with E-state index >= 15 is 0 Å². The van der Waals surface area contributed by atoms with Crippen LogP contribution in [0.3, 0.4) is 0 Å². The quantitative estimate of drug-likeness (QED) is 0.133. The molecule has 0 aliphatic rings. The highest BCUT2D eigenvalue weighted by Crippen LogP contribution is 2.36. The minimum Gasteiger partial charge on any atom is -0.298 e. The Kier molecular flexibility index (Phi) is 7.85. The van der Waals surface area contributed by atoms with Crippen LogP contribution in [0.5, 0.6) is 0 Å². The van der Waals surface area contributed by atoms with Crippen molar-refractivity contribution in [2.75, 3.05) is 0 Å². The summed E-state index contributed by atoms with van der Waals surface area (Å²) < 4.78 is 13.9. The predicted molar refractivity (Wildman–Crippen MR) is 119 cm³/mol. The van der Waals surface area contributed by atoms with Crippen molar-refractivity contribution in [1.29, 1.82) is 0 Å². The molecule has 3 aromatic carbocycles. The van der Waals surface area contributed by atoms with E-state index < -0.39 is 11.6 Å². The normalized spacial score (nSPS) is 10.4. The molecule has 0 aromatic heterocycles. The molecule has 3 aromatic rings. The van der Waals surface area contributed by atoms with Crippen LogP contribution in [0.4, 0.5) is 4.39 Å². The van der Waals surface area contributed by atoms with E-state index in [4.69, 9.17) is 0 Å². The Labute approximate surface area is 178 Å². The topological polar surface area (TPSA) is 34.1 Å². The summed E-state index contributed by atoms with van der Waals surface area (Å²) in [5.41, 5.74) is 2.62. The summed E-state index contributed by atoms with van der Waals surface area (Å²) in [7, 11) is 0. The van der Waals surface area contributed by atoms with Gasteiger partial charge in [-0.05, 0) is 35.4 Å². The standard InChI is InChI=1S/C24H19FO2S2/c25-21-13-11-20(12-14-21)23(27)22(15-26)24(28-16-18-7-3-1-4-8-18)29-17-19-9-5-2-6-10-19/h1-15H,16-17H2. The number of allylic oxidation sites excluding steroid dienone is 1. The van der Waals surface area contributed by atoms with E-state index in [1.807, 2.05) is 60.7 Å². The Hall–Kier alpha value is -2.63. The minimum atomic E-state index is -0.421.